The van der Waals surface area contributed by atoms with Crippen LogP contribution in [-0.4, -0.2) is 14.8 Å². The van der Waals surface area contributed by atoms with Crippen molar-refractivity contribution in [3.05, 3.63) is 90.8 Å². The third-order valence-corrected chi connectivity index (χ3v) is 6.59. The highest BCUT2D eigenvalue weighted by molar-refractivity contribution is 6.36. The van der Waals surface area contributed by atoms with Gasteiger partial charge in [-0.2, -0.15) is 10.1 Å². The van der Waals surface area contributed by atoms with Gasteiger partial charge in [0.2, 0.25) is 5.95 Å². The van der Waals surface area contributed by atoms with E-state index in [1.807, 2.05) is 28.9 Å². The number of benzene rings is 2. The molecule has 4 nitrogen and oxygen atoms in total. The molecule has 30 heavy (non-hydrogen) atoms. The molecule has 1 N–H and O–H groups in total. The van der Waals surface area contributed by atoms with Crippen LogP contribution in [0.25, 0.3) is 6.08 Å². The maximum absolute atomic E-state index is 6.60. The summed E-state index contributed by atoms with van der Waals surface area (Å²) in [5.74, 6) is 0.680. The number of aromatic nitrogens is 3. The molecule has 0 amide bonds. The quantitative estimate of drug-likeness (QED) is 0.417. The predicted molar refractivity (Wildman–Crippen MR) is 124 cm³/mol. The summed E-state index contributed by atoms with van der Waals surface area (Å²) >= 11 is 25.2. The predicted octanol–water partition coefficient (Wildman–Crippen LogP) is 7.43. The van der Waals surface area contributed by atoms with Gasteiger partial charge >= 0.3 is 0 Å². The Morgan fingerprint density at radius 3 is 2.50 bits per heavy atom. The van der Waals surface area contributed by atoms with Crippen LogP contribution in [0.4, 0.5) is 5.95 Å². The van der Waals surface area contributed by atoms with E-state index in [0.29, 0.717) is 26.0 Å². The Bertz CT molecular complexity index is 1210. The van der Waals surface area contributed by atoms with E-state index in [9.17, 15) is 0 Å². The van der Waals surface area contributed by atoms with Gasteiger partial charge < -0.3 is 5.32 Å². The van der Waals surface area contributed by atoms with Gasteiger partial charge in [-0.3, -0.25) is 0 Å². The van der Waals surface area contributed by atoms with Crippen LogP contribution in [0.1, 0.15) is 36.4 Å². The van der Waals surface area contributed by atoms with Gasteiger partial charge in [0.25, 0.3) is 0 Å². The summed E-state index contributed by atoms with van der Waals surface area (Å²) in [6.07, 6.45) is 6.55. The fourth-order valence-electron chi connectivity index (χ4n) is 4.14. The lowest BCUT2D eigenvalue weighted by Gasteiger charge is -2.35. The number of hydrogen-bond acceptors (Lipinski definition) is 3. The summed E-state index contributed by atoms with van der Waals surface area (Å²) in [7, 11) is 0. The van der Waals surface area contributed by atoms with Crippen LogP contribution < -0.4 is 5.32 Å². The molecule has 3 aromatic rings. The summed E-state index contributed by atoms with van der Waals surface area (Å²) < 4.78 is 1.88. The lowest BCUT2D eigenvalue weighted by molar-refractivity contribution is 0.538. The summed E-state index contributed by atoms with van der Waals surface area (Å²) in [5, 5.41) is 10.4. The van der Waals surface area contributed by atoms with E-state index in [0.717, 1.165) is 36.1 Å². The van der Waals surface area contributed by atoms with E-state index in [1.165, 1.54) is 11.1 Å². The monoisotopic (exact) mass is 476 g/mol. The number of rotatable bonds is 2. The van der Waals surface area contributed by atoms with E-state index in [1.54, 1.807) is 18.5 Å². The molecule has 0 radical (unpaired) electrons. The van der Waals surface area contributed by atoms with Crippen LogP contribution in [0.15, 0.2) is 59.6 Å². The van der Waals surface area contributed by atoms with Gasteiger partial charge in [-0.25, -0.2) is 4.68 Å². The van der Waals surface area contributed by atoms with Crippen molar-refractivity contribution in [2.75, 3.05) is 5.32 Å². The van der Waals surface area contributed by atoms with E-state index < -0.39 is 0 Å². The van der Waals surface area contributed by atoms with Crippen molar-refractivity contribution >= 4 is 58.4 Å². The number of hydrogen-bond donors (Lipinski definition) is 1. The normalized spacial score (nSPS) is 19.5. The second kappa shape index (κ2) is 7.93. The zero-order valence-electron chi connectivity index (χ0n) is 15.7. The maximum Gasteiger partial charge on any atom is 0.226 e. The minimum Gasteiger partial charge on any atom is -0.324 e. The molecule has 0 spiro atoms. The molecule has 5 rings (SSSR count). The van der Waals surface area contributed by atoms with Gasteiger partial charge in [0.1, 0.15) is 12.4 Å². The van der Waals surface area contributed by atoms with Crippen LogP contribution in [0.3, 0.4) is 0 Å². The Kier molecular flexibility index (Phi) is 5.28. The van der Waals surface area contributed by atoms with Crippen LogP contribution in [0.2, 0.25) is 20.1 Å². The summed E-state index contributed by atoms with van der Waals surface area (Å²) in [5.41, 5.74) is 5.33. The molecule has 0 fully saturated rings. The molecule has 1 aliphatic heterocycles. The molecule has 2 aliphatic rings. The number of nitrogens with one attached hydrogen (secondary N) is 1. The second-order valence-electron chi connectivity index (χ2n) is 7.31. The number of nitrogens with zero attached hydrogens (tertiary/aromatic N) is 3. The number of allylic oxidation sites excluding steroid dienone is 2. The van der Waals surface area contributed by atoms with Crippen LogP contribution in [0.5, 0.6) is 0 Å². The Balaban J connectivity index is 1.66. The number of halogens is 4. The SMILES string of the molecule is Clc1ccc(/C=C2\CCCC3=C2Nc2ncnn2C3c2ccc(Cl)cc2Cl)c(Cl)c1. The molecule has 1 unspecified atom stereocenters. The average Bonchev–Trinajstić information content (AvgIpc) is 3.17. The Hall–Kier alpha value is -1.98. The van der Waals surface area contributed by atoms with Gasteiger partial charge in [-0.15, -0.1) is 0 Å². The Morgan fingerprint density at radius 1 is 0.967 bits per heavy atom. The van der Waals surface area contributed by atoms with Gasteiger partial charge in [0.15, 0.2) is 0 Å². The van der Waals surface area contributed by atoms with Crippen molar-refractivity contribution in [1.82, 2.24) is 14.8 Å². The standard InChI is InChI=1S/C22H16Cl4N4/c23-14-5-4-12(18(25)9-14)8-13-2-1-3-17-20(13)29-22-27-11-28-30(22)21(17)16-7-6-15(24)10-19(16)26/h4-11,21H,1-3H2,(H,27,28,29)/b13-8+. The van der Waals surface area contributed by atoms with Crippen molar-refractivity contribution in [2.45, 2.75) is 25.3 Å². The molecule has 0 saturated carbocycles. The highest BCUT2D eigenvalue weighted by Crippen LogP contribution is 2.45. The fraction of sp³-hybridized carbons (Fsp3) is 0.182. The van der Waals surface area contributed by atoms with E-state index in [2.05, 4.69) is 21.5 Å². The summed E-state index contributed by atoms with van der Waals surface area (Å²) in [6, 6.07) is 11.0. The smallest absolute Gasteiger partial charge is 0.226 e. The first-order chi connectivity index (χ1) is 14.5. The fourth-order valence-corrected chi connectivity index (χ4v) is 5.12. The average molecular weight is 478 g/mol. The minimum absolute atomic E-state index is 0.145. The van der Waals surface area contributed by atoms with Gasteiger partial charge in [-0.05, 0) is 71.9 Å². The van der Waals surface area contributed by atoms with E-state index >= 15 is 0 Å². The van der Waals surface area contributed by atoms with Crippen molar-refractivity contribution < 1.29 is 0 Å². The van der Waals surface area contributed by atoms with Crippen molar-refractivity contribution in [3.63, 3.8) is 0 Å². The zero-order valence-corrected chi connectivity index (χ0v) is 18.7. The molecule has 2 aromatic carbocycles. The zero-order chi connectivity index (χ0) is 20.8. The number of fused-ring (bicyclic) bond motifs is 1. The third-order valence-electron chi connectivity index (χ3n) is 5.47. The molecule has 0 bridgehead atoms. The maximum atomic E-state index is 6.60. The first-order valence-corrected chi connectivity index (χ1v) is 11.0. The molecule has 1 aliphatic carbocycles. The van der Waals surface area contributed by atoms with Crippen LogP contribution in [-0.2, 0) is 0 Å². The molecule has 0 saturated heterocycles. The lowest BCUT2D eigenvalue weighted by atomic mass is 9.83. The lowest BCUT2D eigenvalue weighted by Crippen LogP contribution is -2.28. The molecule has 1 aromatic heterocycles. The molecule has 8 heteroatoms. The van der Waals surface area contributed by atoms with Crippen LogP contribution in [0, 0.1) is 0 Å². The molecular formula is C22H16Cl4N4. The minimum atomic E-state index is -0.145. The Morgan fingerprint density at radius 2 is 1.73 bits per heavy atom. The molecule has 1 atom stereocenters. The second-order valence-corrected chi connectivity index (χ2v) is 9.00. The highest BCUT2D eigenvalue weighted by atomic mass is 35.5. The van der Waals surface area contributed by atoms with E-state index in [-0.39, 0.29) is 6.04 Å². The summed E-state index contributed by atoms with van der Waals surface area (Å²) in [4.78, 5) is 4.41. The topological polar surface area (TPSA) is 42.7 Å². The van der Waals surface area contributed by atoms with Crippen LogP contribution >= 0.6 is 46.4 Å². The van der Waals surface area contributed by atoms with Gasteiger partial charge in [0.05, 0.1) is 0 Å². The highest BCUT2D eigenvalue weighted by Gasteiger charge is 2.34. The summed E-state index contributed by atoms with van der Waals surface area (Å²) in [6.45, 7) is 0. The van der Waals surface area contributed by atoms with Gasteiger partial charge in [0, 0.05) is 25.8 Å². The van der Waals surface area contributed by atoms with Crippen molar-refractivity contribution in [1.29, 1.82) is 0 Å². The van der Waals surface area contributed by atoms with Crippen molar-refractivity contribution in [2.24, 2.45) is 0 Å². The third kappa shape index (κ3) is 3.52. The molecular weight excluding hydrogens is 462 g/mol. The molecule has 152 valence electrons. The first kappa shape index (κ1) is 20.0. The first-order valence-electron chi connectivity index (χ1n) is 9.52. The number of anilines is 1. The van der Waals surface area contributed by atoms with Gasteiger partial charge in [-0.1, -0.05) is 58.5 Å². The Labute approximate surface area is 194 Å². The van der Waals surface area contributed by atoms with E-state index in [4.69, 9.17) is 46.4 Å². The molecule has 2 heterocycles. The van der Waals surface area contributed by atoms with Crippen molar-refractivity contribution in [3.8, 4) is 0 Å². The largest absolute Gasteiger partial charge is 0.324 e.